The van der Waals surface area contributed by atoms with Gasteiger partial charge in [-0.2, -0.15) is 0 Å². The highest BCUT2D eigenvalue weighted by atomic mass is 79.9. The zero-order valence-electron chi connectivity index (χ0n) is 9.24. The molecule has 1 heterocycles. The number of benzene rings is 1. The van der Waals surface area contributed by atoms with Crippen molar-refractivity contribution in [3.05, 3.63) is 33.8 Å². The molecule has 2 rings (SSSR count). The normalized spacial score (nSPS) is 20.2. The standard InChI is InChI=1S/C12H15BrN2O/c1-8-2-3-11(13)10(6-8)12(16)15-5-4-9(14)7-15/h2-3,6,9H,4-5,7,14H2,1H3. The SMILES string of the molecule is Cc1ccc(Br)c(C(=O)N2CCC(N)C2)c1. The van der Waals surface area contributed by atoms with E-state index >= 15 is 0 Å². The summed E-state index contributed by atoms with van der Waals surface area (Å²) < 4.78 is 0.851. The zero-order chi connectivity index (χ0) is 11.7. The van der Waals surface area contributed by atoms with Gasteiger partial charge in [-0.05, 0) is 41.4 Å². The Labute approximate surface area is 104 Å². The van der Waals surface area contributed by atoms with Crippen molar-refractivity contribution in [3.8, 4) is 0 Å². The summed E-state index contributed by atoms with van der Waals surface area (Å²) in [7, 11) is 0. The fourth-order valence-electron chi connectivity index (χ4n) is 1.95. The molecule has 1 unspecified atom stereocenters. The molecule has 0 spiro atoms. The second-order valence-electron chi connectivity index (χ2n) is 4.28. The molecule has 2 N–H and O–H groups in total. The van der Waals surface area contributed by atoms with Gasteiger partial charge in [0.1, 0.15) is 0 Å². The van der Waals surface area contributed by atoms with Crippen LogP contribution in [0.5, 0.6) is 0 Å². The molecule has 1 amide bonds. The molecule has 3 nitrogen and oxygen atoms in total. The van der Waals surface area contributed by atoms with Crippen LogP contribution in [-0.4, -0.2) is 29.9 Å². The summed E-state index contributed by atoms with van der Waals surface area (Å²) in [6.45, 7) is 3.42. The summed E-state index contributed by atoms with van der Waals surface area (Å²) in [6.07, 6.45) is 0.898. The van der Waals surface area contributed by atoms with Gasteiger partial charge in [0.15, 0.2) is 0 Å². The lowest BCUT2D eigenvalue weighted by Gasteiger charge is -2.17. The summed E-state index contributed by atoms with van der Waals surface area (Å²) in [6, 6.07) is 5.94. The summed E-state index contributed by atoms with van der Waals surface area (Å²) in [4.78, 5) is 14.0. The Kier molecular flexibility index (Phi) is 3.30. The molecule has 86 valence electrons. The van der Waals surface area contributed by atoms with Gasteiger partial charge < -0.3 is 10.6 Å². The fraction of sp³-hybridized carbons (Fsp3) is 0.417. The van der Waals surface area contributed by atoms with E-state index < -0.39 is 0 Å². The monoisotopic (exact) mass is 282 g/mol. The fourth-order valence-corrected chi connectivity index (χ4v) is 2.36. The van der Waals surface area contributed by atoms with Crippen LogP contribution in [0.4, 0.5) is 0 Å². The van der Waals surface area contributed by atoms with Crippen molar-refractivity contribution in [1.29, 1.82) is 0 Å². The first-order valence-electron chi connectivity index (χ1n) is 5.39. The average molecular weight is 283 g/mol. The number of amides is 1. The topological polar surface area (TPSA) is 46.3 Å². The van der Waals surface area contributed by atoms with Crippen molar-refractivity contribution in [1.82, 2.24) is 4.90 Å². The summed E-state index contributed by atoms with van der Waals surface area (Å²) in [5.41, 5.74) is 7.63. The van der Waals surface area contributed by atoms with E-state index in [1.54, 1.807) is 0 Å². The van der Waals surface area contributed by atoms with Crippen LogP contribution >= 0.6 is 15.9 Å². The van der Waals surface area contributed by atoms with Gasteiger partial charge in [-0.15, -0.1) is 0 Å². The number of carbonyl (C=O) groups is 1. The third kappa shape index (κ3) is 2.28. The molecule has 1 aliphatic heterocycles. The Morgan fingerprint density at radius 3 is 2.94 bits per heavy atom. The minimum Gasteiger partial charge on any atom is -0.337 e. The third-order valence-corrected chi connectivity index (χ3v) is 3.56. The molecule has 1 aliphatic rings. The van der Waals surface area contributed by atoms with Crippen molar-refractivity contribution in [2.24, 2.45) is 5.73 Å². The number of halogens is 1. The largest absolute Gasteiger partial charge is 0.337 e. The molecule has 0 saturated carbocycles. The molecule has 0 aliphatic carbocycles. The van der Waals surface area contributed by atoms with Gasteiger partial charge in [-0.25, -0.2) is 0 Å². The molecule has 1 aromatic rings. The van der Waals surface area contributed by atoms with E-state index in [1.807, 2.05) is 30.0 Å². The molecular weight excluding hydrogens is 268 g/mol. The zero-order valence-corrected chi connectivity index (χ0v) is 10.8. The van der Waals surface area contributed by atoms with Gasteiger partial charge in [0, 0.05) is 23.6 Å². The highest BCUT2D eigenvalue weighted by Crippen LogP contribution is 2.21. The van der Waals surface area contributed by atoms with Crippen molar-refractivity contribution < 1.29 is 4.79 Å². The first-order valence-corrected chi connectivity index (χ1v) is 6.18. The molecule has 0 bridgehead atoms. The number of rotatable bonds is 1. The Bertz CT molecular complexity index is 419. The minimum absolute atomic E-state index is 0.0727. The lowest BCUT2D eigenvalue weighted by Crippen LogP contribution is -2.32. The Morgan fingerprint density at radius 1 is 1.56 bits per heavy atom. The van der Waals surface area contributed by atoms with Gasteiger partial charge in [-0.3, -0.25) is 4.79 Å². The number of hydrogen-bond donors (Lipinski definition) is 1. The third-order valence-electron chi connectivity index (χ3n) is 2.86. The molecule has 1 saturated heterocycles. The maximum absolute atomic E-state index is 12.2. The smallest absolute Gasteiger partial charge is 0.255 e. The number of likely N-dealkylation sites (tertiary alicyclic amines) is 1. The Hall–Kier alpha value is -0.870. The van der Waals surface area contributed by atoms with Crippen molar-refractivity contribution >= 4 is 21.8 Å². The van der Waals surface area contributed by atoms with E-state index in [2.05, 4.69) is 15.9 Å². The van der Waals surface area contributed by atoms with Crippen LogP contribution in [0.3, 0.4) is 0 Å². The van der Waals surface area contributed by atoms with Gasteiger partial charge in [0.25, 0.3) is 5.91 Å². The van der Waals surface area contributed by atoms with Crippen LogP contribution in [0.15, 0.2) is 22.7 Å². The van der Waals surface area contributed by atoms with E-state index in [4.69, 9.17) is 5.73 Å². The molecular formula is C12H15BrN2O. The van der Waals surface area contributed by atoms with Crippen LogP contribution in [-0.2, 0) is 0 Å². The van der Waals surface area contributed by atoms with Crippen molar-refractivity contribution in [2.45, 2.75) is 19.4 Å². The van der Waals surface area contributed by atoms with Crippen LogP contribution in [0.25, 0.3) is 0 Å². The lowest BCUT2D eigenvalue weighted by molar-refractivity contribution is 0.0790. The Balaban J connectivity index is 2.23. The van der Waals surface area contributed by atoms with Gasteiger partial charge in [0.2, 0.25) is 0 Å². The van der Waals surface area contributed by atoms with Gasteiger partial charge in [0.05, 0.1) is 5.56 Å². The molecule has 1 aromatic carbocycles. The van der Waals surface area contributed by atoms with E-state index in [0.29, 0.717) is 6.54 Å². The maximum Gasteiger partial charge on any atom is 0.255 e. The second-order valence-corrected chi connectivity index (χ2v) is 5.14. The first-order chi connectivity index (χ1) is 7.58. The number of hydrogen-bond acceptors (Lipinski definition) is 2. The van der Waals surface area contributed by atoms with E-state index in [-0.39, 0.29) is 11.9 Å². The van der Waals surface area contributed by atoms with E-state index in [9.17, 15) is 4.79 Å². The number of nitrogens with two attached hydrogens (primary N) is 1. The molecule has 1 fully saturated rings. The van der Waals surface area contributed by atoms with E-state index in [1.165, 1.54) is 0 Å². The predicted molar refractivity (Wildman–Crippen MR) is 67.4 cm³/mol. The van der Waals surface area contributed by atoms with Crippen LogP contribution in [0, 0.1) is 6.92 Å². The van der Waals surface area contributed by atoms with E-state index in [0.717, 1.165) is 28.6 Å². The molecule has 0 aromatic heterocycles. The summed E-state index contributed by atoms with van der Waals surface area (Å²) >= 11 is 3.41. The molecule has 1 atom stereocenters. The van der Waals surface area contributed by atoms with Gasteiger partial charge in [-0.1, -0.05) is 11.6 Å². The molecule has 0 radical (unpaired) electrons. The lowest BCUT2D eigenvalue weighted by atomic mass is 10.1. The Morgan fingerprint density at radius 2 is 2.31 bits per heavy atom. The summed E-state index contributed by atoms with van der Waals surface area (Å²) in [5.74, 6) is 0.0727. The quantitative estimate of drug-likeness (QED) is 0.856. The number of nitrogens with zero attached hydrogens (tertiary/aromatic N) is 1. The van der Waals surface area contributed by atoms with Crippen LogP contribution in [0.2, 0.25) is 0 Å². The maximum atomic E-state index is 12.2. The molecule has 4 heteroatoms. The average Bonchev–Trinajstić information content (AvgIpc) is 2.67. The van der Waals surface area contributed by atoms with Crippen molar-refractivity contribution in [2.75, 3.05) is 13.1 Å². The number of aryl methyl sites for hydroxylation is 1. The highest BCUT2D eigenvalue weighted by Gasteiger charge is 2.25. The van der Waals surface area contributed by atoms with Gasteiger partial charge >= 0.3 is 0 Å². The summed E-state index contributed by atoms with van der Waals surface area (Å²) in [5, 5.41) is 0. The first kappa shape index (κ1) is 11.6. The van der Waals surface area contributed by atoms with Crippen LogP contribution in [0.1, 0.15) is 22.3 Å². The highest BCUT2D eigenvalue weighted by molar-refractivity contribution is 9.10. The predicted octanol–water partition coefficient (Wildman–Crippen LogP) is 1.93. The minimum atomic E-state index is 0.0727. The van der Waals surface area contributed by atoms with Crippen molar-refractivity contribution in [3.63, 3.8) is 0 Å². The molecule has 16 heavy (non-hydrogen) atoms. The second kappa shape index (κ2) is 4.55. The number of carbonyl (C=O) groups excluding carboxylic acids is 1. The van der Waals surface area contributed by atoms with Crippen LogP contribution < -0.4 is 5.73 Å².